The van der Waals surface area contributed by atoms with Gasteiger partial charge in [-0.3, -0.25) is 4.79 Å². The third kappa shape index (κ3) is 4.02. The zero-order valence-electron chi connectivity index (χ0n) is 13.6. The van der Waals surface area contributed by atoms with Crippen LogP contribution >= 0.6 is 0 Å². The lowest BCUT2D eigenvalue weighted by molar-refractivity contribution is 0.0833. The predicted octanol–water partition coefficient (Wildman–Crippen LogP) is 4.06. The molecule has 2 aromatic rings. The van der Waals surface area contributed by atoms with Gasteiger partial charge in [0.2, 0.25) is 0 Å². The molecule has 1 heterocycles. The number of hydrogen-bond acceptors (Lipinski definition) is 3. The van der Waals surface area contributed by atoms with Crippen molar-refractivity contribution in [3.63, 3.8) is 0 Å². The molecule has 4 heteroatoms. The number of carbonyl (C=O) groups excluding carboxylic acids is 2. The van der Waals surface area contributed by atoms with E-state index in [1.54, 1.807) is 4.90 Å². The van der Waals surface area contributed by atoms with Crippen molar-refractivity contribution in [1.82, 2.24) is 4.90 Å². The van der Waals surface area contributed by atoms with Gasteiger partial charge in [0.1, 0.15) is 6.61 Å². The van der Waals surface area contributed by atoms with E-state index in [2.05, 4.69) is 0 Å². The fourth-order valence-corrected chi connectivity index (χ4v) is 3.05. The zero-order valence-corrected chi connectivity index (χ0v) is 13.6. The van der Waals surface area contributed by atoms with Gasteiger partial charge in [-0.1, -0.05) is 60.7 Å². The third-order valence-corrected chi connectivity index (χ3v) is 4.33. The molecule has 1 saturated heterocycles. The van der Waals surface area contributed by atoms with Gasteiger partial charge in [0.05, 0.1) is 0 Å². The molecule has 3 rings (SSSR count). The zero-order chi connectivity index (χ0) is 16.8. The highest BCUT2D eigenvalue weighted by Gasteiger charge is 2.31. The number of hydrogen-bond donors (Lipinski definition) is 0. The Hall–Kier alpha value is -2.62. The molecule has 0 saturated carbocycles. The maximum absolute atomic E-state index is 12.4. The number of carbonyl (C=O) groups is 2. The maximum atomic E-state index is 12.4. The number of Topliss-reactive ketones (excluding diaryl/α,β-unsaturated/α-hetero) is 1. The van der Waals surface area contributed by atoms with E-state index in [1.807, 2.05) is 60.7 Å². The average Bonchev–Trinajstić information content (AvgIpc) is 3.09. The van der Waals surface area contributed by atoms with Crippen molar-refractivity contribution < 1.29 is 14.3 Å². The Morgan fingerprint density at radius 2 is 1.67 bits per heavy atom. The lowest BCUT2D eigenvalue weighted by atomic mass is 10.0. The van der Waals surface area contributed by atoms with Gasteiger partial charge in [0, 0.05) is 24.6 Å². The Kier molecular flexibility index (Phi) is 5.26. The van der Waals surface area contributed by atoms with Crippen LogP contribution in [0.4, 0.5) is 4.79 Å². The molecular formula is C20H21NO3. The summed E-state index contributed by atoms with van der Waals surface area (Å²) in [4.78, 5) is 26.4. The van der Waals surface area contributed by atoms with Gasteiger partial charge in [0.25, 0.3) is 0 Å². The van der Waals surface area contributed by atoms with Crippen LogP contribution in [0.2, 0.25) is 0 Å². The van der Waals surface area contributed by atoms with E-state index in [1.165, 1.54) is 0 Å². The van der Waals surface area contributed by atoms with Crippen molar-refractivity contribution in [1.29, 1.82) is 0 Å². The second-order valence-corrected chi connectivity index (χ2v) is 6.02. The molecule has 1 aliphatic rings. The van der Waals surface area contributed by atoms with E-state index < -0.39 is 0 Å². The third-order valence-electron chi connectivity index (χ3n) is 4.33. The summed E-state index contributed by atoms with van der Waals surface area (Å²) in [6, 6.07) is 18.8. The average molecular weight is 323 g/mol. The van der Waals surface area contributed by atoms with E-state index >= 15 is 0 Å². The summed E-state index contributed by atoms with van der Waals surface area (Å²) < 4.78 is 5.41. The molecule has 1 unspecified atom stereocenters. The fourth-order valence-electron chi connectivity index (χ4n) is 3.05. The first-order valence-electron chi connectivity index (χ1n) is 8.29. The topological polar surface area (TPSA) is 46.6 Å². The maximum Gasteiger partial charge on any atom is 0.410 e. The normalized spacial score (nSPS) is 16.8. The second kappa shape index (κ2) is 7.77. The van der Waals surface area contributed by atoms with Crippen molar-refractivity contribution in [2.45, 2.75) is 31.9 Å². The Morgan fingerprint density at radius 1 is 1.00 bits per heavy atom. The van der Waals surface area contributed by atoms with Crippen molar-refractivity contribution in [2.24, 2.45) is 0 Å². The Labute approximate surface area is 142 Å². The first-order chi connectivity index (χ1) is 11.7. The van der Waals surface area contributed by atoms with Gasteiger partial charge in [-0.2, -0.15) is 0 Å². The summed E-state index contributed by atoms with van der Waals surface area (Å²) in [6.45, 7) is 0.913. The van der Waals surface area contributed by atoms with Crippen LogP contribution in [0.25, 0.3) is 0 Å². The van der Waals surface area contributed by atoms with Crippen molar-refractivity contribution in [3.8, 4) is 0 Å². The SMILES string of the molecule is O=C(CC1CCCN1C(=O)OCc1ccccc1)c1ccccc1. The van der Waals surface area contributed by atoms with Crippen LogP contribution in [0.1, 0.15) is 35.2 Å². The van der Waals surface area contributed by atoms with Crippen LogP contribution in [0, 0.1) is 0 Å². The van der Waals surface area contributed by atoms with E-state index in [4.69, 9.17) is 4.74 Å². The quantitative estimate of drug-likeness (QED) is 0.780. The summed E-state index contributed by atoms with van der Waals surface area (Å²) >= 11 is 0. The summed E-state index contributed by atoms with van der Waals surface area (Å²) in [5.41, 5.74) is 1.66. The molecule has 124 valence electrons. The largest absolute Gasteiger partial charge is 0.445 e. The van der Waals surface area contributed by atoms with Gasteiger partial charge in [0.15, 0.2) is 5.78 Å². The van der Waals surface area contributed by atoms with Crippen LogP contribution in [0.3, 0.4) is 0 Å². The van der Waals surface area contributed by atoms with Gasteiger partial charge in [-0.25, -0.2) is 4.79 Å². The molecule has 1 amide bonds. The highest BCUT2D eigenvalue weighted by Crippen LogP contribution is 2.23. The number of benzene rings is 2. The number of rotatable bonds is 5. The molecular weight excluding hydrogens is 302 g/mol. The molecule has 0 bridgehead atoms. The number of likely N-dealkylation sites (tertiary alicyclic amines) is 1. The molecule has 0 N–H and O–H groups in total. The highest BCUT2D eigenvalue weighted by molar-refractivity contribution is 5.96. The minimum Gasteiger partial charge on any atom is -0.445 e. The summed E-state index contributed by atoms with van der Waals surface area (Å²) in [5, 5.41) is 0. The molecule has 24 heavy (non-hydrogen) atoms. The van der Waals surface area contributed by atoms with Crippen molar-refractivity contribution in [3.05, 3.63) is 71.8 Å². The van der Waals surface area contributed by atoms with E-state index in [0.717, 1.165) is 18.4 Å². The molecule has 0 spiro atoms. The first-order valence-corrected chi connectivity index (χ1v) is 8.29. The minimum absolute atomic E-state index is 0.0685. The number of ether oxygens (including phenoxy) is 1. The fraction of sp³-hybridized carbons (Fsp3) is 0.300. The Bertz CT molecular complexity index is 685. The molecule has 0 aromatic heterocycles. The smallest absolute Gasteiger partial charge is 0.410 e. The minimum atomic E-state index is -0.331. The van der Waals surface area contributed by atoms with Crippen molar-refractivity contribution in [2.75, 3.05) is 6.54 Å². The molecule has 0 aliphatic carbocycles. The van der Waals surface area contributed by atoms with E-state index in [0.29, 0.717) is 18.5 Å². The Morgan fingerprint density at radius 3 is 2.38 bits per heavy atom. The summed E-state index contributed by atoms with van der Waals surface area (Å²) in [6.07, 6.45) is 1.78. The van der Waals surface area contributed by atoms with Crippen molar-refractivity contribution >= 4 is 11.9 Å². The van der Waals surface area contributed by atoms with Crippen LogP contribution < -0.4 is 0 Å². The van der Waals surface area contributed by atoms with E-state index in [9.17, 15) is 9.59 Å². The van der Waals surface area contributed by atoms with Crippen LogP contribution in [0.15, 0.2) is 60.7 Å². The van der Waals surface area contributed by atoms with Gasteiger partial charge in [-0.15, -0.1) is 0 Å². The van der Waals surface area contributed by atoms with Crippen LogP contribution in [-0.2, 0) is 11.3 Å². The molecule has 4 nitrogen and oxygen atoms in total. The van der Waals surface area contributed by atoms with Gasteiger partial charge in [-0.05, 0) is 18.4 Å². The highest BCUT2D eigenvalue weighted by atomic mass is 16.6. The lowest BCUT2D eigenvalue weighted by Gasteiger charge is -2.23. The molecule has 1 aliphatic heterocycles. The van der Waals surface area contributed by atoms with Crippen LogP contribution in [-0.4, -0.2) is 29.4 Å². The van der Waals surface area contributed by atoms with Gasteiger partial charge < -0.3 is 9.64 Å². The van der Waals surface area contributed by atoms with Gasteiger partial charge >= 0.3 is 6.09 Å². The predicted molar refractivity (Wildman–Crippen MR) is 91.7 cm³/mol. The number of nitrogens with zero attached hydrogens (tertiary/aromatic N) is 1. The molecule has 0 radical (unpaired) electrons. The number of amides is 1. The standard InChI is InChI=1S/C20H21NO3/c22-19(17-10-5-2-6-11-17)14-18-12-7-13-21(18)20(23)24-15-16-8-3-1-4-9-16/h1-6,8-11,18H,7,12-15H2. The lowest BCUT2D eigenvalue weighted by Crippen LogP contribution is -2.37. The second-order valence-electron chi connectivity index (χ2n) is 6.02. The molecule has 1 fully saturated rings. The van der Waals surface area contributed by atoms with E-state index in [-0.39, 0.29) is 24.5 Å². The molecule has 2 aromatic carbocycles. The Balaban J connectivity index is 1.56. The summed E-state index contributed by atoms with van der Waals surface area (Å²) in [5.74, 6) is 0.0726. The molecule has 1 atom stereocenters. The van der Waals surface area contributed by atoms with Crippen LogP contribution in [0.5, 0.6) is 0 Å². The first kappa shape index (κ1) is 16.2. The number of ketones is 1. The monoisotopic (exact) mass is 323 g/mol. The summed E-state index contributed by atoms with van der Waals surface area (Å²) in [7, 11) is 0.